The Labute approximate surface area is 128 Å². The van der Waals surface area contributed by atoms with E-state index in [-0.39, 0.29) is 11.9 Å². The number of likely N-dealkylation sites (N-methyl/N-ethyl adjacent to an activating group) is 1. The molecule has 0 aliphatic carbocycles. The van der Waals surface area contributed by atoms with Gasteiger partial charge in [-0.2, -0.15) is 0 Å². The van der Waals surface area contributed by atoms with Gasteiger partial charge in [0.1, 0.15) is 5.82 Å². The molecule has 0 bridgehead atoms. The summed E-state index contributed by atoms with van der Waals surface area (Å²) in [4.78, 5) is 19.3. The zero-order valence-corrected chi connectivity index (χ0v) is 13.3. The van der Waals surface area contributed by atoms with Gasteiger partial charge < -0.3 is 10.2 Å². The number of thioether (sulfide) groups is 1. The fourth-order valence-corrected chi connectivity index (χ4v) is 3.18. The normalized spacial score (nSPS) is 18.5. The minimum atomic E-state index is 0.150. The predicted molar refractivity (Wildman–Crippen MR) is 87.9 cm³/mol. The number of carbonyl (C=O) groups is 1. The monoisotopic (exact) mass is 301 g/mol. The second-order valence-electron chi connectivity index (χ2n) is 5.53. The smallest absolute Gasteiger partial charge is 0.224 e. The van der Waals surface area contributed by atoms with Gasteiger partial charge in [-0.3, -0.25) is 4.79 Å². The summed E-state index contributed by atoms with van der Waals surface area (Å²) in [6, 6.07) is 8.55. The highest BCUT2D eigenvalue weighted by Gasteiger charge is 2.26. The van der Waals surface area contributed by atoms with Crippen molar-refractivity contribution in [3.05, 3.63) is 29.8 Å². The number of aromatic nitrogens is 1. The van der Waals surface area contributed by atoms with Crippen molar-refractivity contribution >= 4 is 34.4 Å². The fraction of sp³-hybridized carbons (Fsp3) is 0.375. The largest absolute Gasteiger partial charge is 0.365 e. The molecule has 0 saturated carbocycles. The third-order valence-electron chi connectivity index (χ3n) is 3.92. The number of amides is 1. The van der Waals surface area contributed by atoms with Crippen LogP contribution in [-0.4, -0.2) is 41.7 Å². The first-order valence-corrected chi connectivity index (χ1v) is 8.25. The number of benzene rings is 1. The van der Waals surface area contributed by atoms with Gasteiger partial charge in [-0.25, -0.2) is 4.98 Å². The molecule has 1 aliphatic rings. The number of hydrogen-bond donors (Lipinski definition) is 1. The summed E-state index contributed by atoms with van der Waals surface area (Å²) in [6.45, 7) is 2.84. The highest BCUT2D eigenvalue weighted by atomic mass is 32.2. The molecular weight excluding hydrogens is 282 g/mol. The maximum atomic E-state index is 11.6. The summed E-state index contributed by atoms with van der Waals surface area (Å²) < 4.78 is 0. The number of carbonyl (C=O) groups excluding carboxylic acids is 1. The van der Waals surface area contributed by atoms with Crippen LogP contribution >= 0.6 is 11.8 Å². The topological polar surface area (TPSA) is 45.2 Å². The van der Waals surface area contributed by atoms with Crippen molar-refractivity contribution in [2.75, 3.05) is 25.2 Å². The van der Waals surface area contributed by atoms with Crippen molar-refractivity contribution < 1.29 is 4.79 Å². The van der Waals surface area contributed by atoms with Crippen molar-refractivity contribution in [3.8, 4) is 0 Å². The fourth-order valence-electron chi connectivity index (χ4n) is 2.74. The Hall–Kier alpha value is -1.75. The van der Waals surface area contributed by atoms with Crippen LogP contribution < -0.4 is 5.32 Å². The first kappa shape index (κ1) is 14.2. The Kier molecular flexibility index (Phi) is 3.76. The Morgan fingerprint density at radius 3 is 2.86 bits per heavy atom. The predicted octanol–water partition coefficient (Wildman–Crippen LogP) is 2.91. The van der Waals surface area contributed by atoms with Crippen LogP contribution in [0.2, 0.25) is 0 Å². The van der Waals surface area contributed by atoms with Crippen molar-refractivity contribution in [1.29, 1.82) is 0 Å². The molecule has 1 aromatic carbocycles. The zero-order chi connectivity index (χ0) is 15.0. The minimum Gasteiger partial charge on any atom is -0.365 e. The van der Waals surface area contributed by atoms with Crippen LogP contribution in [-0.2, 0) is 4.79 Å². The van der Waals surface area contributed by atoms with E-state index in [0.717, 1.165) is 17.9 Å². The van der Waals surface area contributed by atoms with E-state index in [1.54, 1.807) is 16.7 Å². The van der Waals surface area contributed by atoms with Gasteiger partial charge >= 0.3 is 0 Å². The van der Waals surface area contributed by atoms with Crippen LogP contribution in [0.1, 0.15) is 12.0 Å². The van der Waals surface area contributed by atoms with Crippen molar-refractivity contribution in [3.63, 3.8) is 0 Å². The molecule has 2 heterocycles. The number of likely N-dealkylation sites (tertiary alicyclic amines) is 1. The van der Waals surface area contributed by atoms with Crippen LogP contribution in [0.5, 0.6) is 0 Å². The zero-order valence-electron chi connectivity index (χ0n) is 12.5. The van der Waals surface area contributed by atoms with E-state index in [9.17, 15) is 4.79 Å². The lowest BCUT2D eigenvalue weighted by Crippen LogP contribution is -2.24. The quantitative estimate of drug-likeness (QED) is 0.885. The first-order valence-electron chi connectivity index (χ1n) is 7.02. The molecule has 1 aliphatic heterocycles. The number of hydrogen-bond acceptors (Lipinski definition) is 4. The first-order chi connectivity index (χ1) is 10.1. The second kappa shape index (κ2) is 5.56. The molecule has 1 atom stereocenters. The van der Waals surface area contributed by atoms with Crippen molar-refractivity contribution in [2.24, 2.45) is 0 Å². The molecule has 1 N–H and O–H groups in total. The van der Waals surface area contributed by atoms with Gasteiger partial charge in [0.2, 0.25) is 5.91 Å². The van der Waals surface area contributed by atoms with Gasteiger partial charge in [0.05, 0.1) is 11.6 Å². The standard InChI is InChI=1S/C16H19N3OS/c1-10-6-15(17-11-7-16(20)19(2)9-11)18-14-5-4-12(21-3)8-13(10)14/h4-6,8,11H,7,9H2,1-3H3,(H,17,18). The molecule has 5 heteroatoms. The van der Waals surface area contributed by atoms with Crippen molar-refractivity contribution in [2.45, 2.75) is 24.3 Å². The molecule has 3 rings (SSSR count). The summed E-state index contributed by atoms with van der Waals surface area (Å²) in [6.07, 6.45) is 2.62. The number of fused-ring (bicyclic) bond motifs is 1. The number of anilines is 1. The Bertz CT molecular complexity index is 701. The number of nitrogens with zero attached hydrogens (tertiary/aromatic N) is 2. The highest BCUT2D eigenvalue weighted by molar-refractivity contribution is 7.98. The SMILES string of the molecule is CSc1ccc2nc(NC3CC(=O)N(C)C3)cc(C)c2c1. The van der Waals surface area contributed by atoms with E-state index in [0.29, 0.717) is 6.42 Å². The summed E-state index contributed by atoms with van der Waals surface area (Å²) in [7, 11) is 1.84. The molecule has 1 fully saturated rings. The van der Waals surface area contributed by atoms with Crippen LogP contribution in [0.4, 0.5) is 5.82 Å². The lowest BCUT2D eigenvalue weighted by atomic mass is 10.1. The molecule has 1 aromatic heterocycles. The Morgan fingerprint density at radius 2 is 2.19 bits per heavy atom. The maximum absolute atomic E-state index is 11.6. The molecule has 21 heavy (non-hydrogen) atoms. The Morgan fingerprint density at radius 1 is 1.38 bits per heavy atom. The molecule has 2 aromatic rings. The number of nitrogens with one attached hydrogen (secondary N) is 1. The maximum Gasteiger partial charge on any atom is 0.224 e. The van der Waals surface area contributed by atoms with Crippen LogP contribution in [0.3, 0.4) is 0 Å². The van der Waals surface area contributed by atoms with Gasteiger partial charge in [0, 0.05) is 30.3 Å². The summed E-state index contributed by atoms with van der Waals surface area (Å²) in [5.74, 6) is 1.04. The van der Waals surface area contributed by atoms with E-state index >= 15 is 0 Å². The molecule has 1 saturated heterocycles. The van der Waals surface area contributed by atoms with Gasteiger partial charge in [-0.1, -0.05) is 0 Å². The Balaban J connectivity index is 1.89. The van der Waals surface area contributed by atoms with Gasteiger partial charge in [-0.05, 0) is 43.0 Å². The molecule has 4 nitrogen and oxygen atoms in total. The third-order valence-corrected chi connectivity index (χ3v) is 4.64. The minimum absolute atomic E-state index is 0.150. The van der Waals surface area contributed by atoms with Crippen molar-refractivity contribution in [1.82, 2.24) is 9.88 Å². The molecule has 1 amide bonds. The molecule has 0 spiro atoms. The molecular formula is C16H19N3OS. The van der Waals surface area contributed by atoms with Gasteiger partial charge in [-0.15, -0.1) is 11.8 Å². The average molecular weight is 301 g/mol. The molecule has 0 radical (unpaired) electrons. The van der Waals surface area contributed by atoms with E-state index in [4.69, 9.17) is 0 Å². The van der Waals surface area contributed by atoms with E-state index in [1.807, 2.05) is 7.05 Å². The average Bonchev–Trinajstić information content (AvgIpc) is 2.77. The van der Waals surface area contributed by atoms with E-state index in [1.165, 1.54) is 15.8 Å². The van der Waals surface area contributed by atoms with Crippen LogP contribution in [0.15, 0.2) is 29.2 Å². The van der Waals surface area contributed by atoms with Crippen LogP contribution in [0, 0.1) is 6.92 Å². The van der Waals surface area contributed by atoms with E-state index in [2.05, 4.69) is 47.7 Å². The number of pyridine rings is 1. The summed E-state index contributed by atoms with van der Waals surface area (Å²) >= 11 is 1.74. The number of rotatable bonds is 3. The highest BCUT2D eigenvalue weighted by Crippen LogP contribution is 2.26. The van der Waals surface area contributed by atoms with Gasteiger partial charge in [0.15, 0.2) is 0 Å². The van der Waals surface area contributed by atoms with E-state index < -0.39 is 0 Å². The number of aryl methyl sites for hydroxylation is 1. The lowest BCUT2D eigenvalue weighted by Gasteiger charge is -2.14. The third kappa shape index (κ3) is 2.83. The summed E-state index contributed by atoms with van der Waals surface area (Å²) in [5.41, 5.74) is 2.20. The molecule has 1 unspecified atom stereocenters. The second-order valence-corrected chi connectivity index (χ2v) is 6.41. The lowest BCUT2D eigenvalue weighted by molar-refractivity contribution is -0.126. The molecule has 110 valence electrons. The van der Waals surface area contributed by atoms with Gasteiger partial charge in [0.25, 0.3) is 0 Å². The summed E-state index contributed by atoms with van der Waals surface area (Å²) in [5, 5.41) is 4.57. The van der Waals surface area contributed by atoms with Crippen LogP contribution in [0.25, 0.3) is 10.9 Å².